The minimum absolute atomic E-state index is 0.0312. The molecule has 0 atom stereocenters. The van der Waals surface area contributed by atoms with Gasteiger partial charge in [-0.1, -0.05) is 0 Å². The van der Waals surface area contributed by atoms with E-state index in [2.05, 4.69) is 4.72 Å². The van der Waals surface area contributed by atoms with Crippen molar-refractivity contribution in [1.82, 2.24) is 4.72 Å². The van der Waals surface area contributed by atoms with E-state index in [1.807, 2.05) is 0 Å². The van der Waals surface area contributed by atoms with Crippen molar-refractivity contribution in [3.05, 3.63) is 24.0 Å². The van der Waals surface area contributed by atoms with Gasteiger partial charge in [0.1, 0.15) is 23.1 Å². The normalized spacial score (nSPS) is 11.3. The summed E-state index contributed by atoms with van der Waals surface area (Å²) in [5.41, 5.74) is 0. The molecule has 7 nitrogen and oxygen atoms in total. The number of carboxylic acids is 1. The minimum atomic E-state index is -4.07. The number of ether oxygens (including phenoxy) is 2. The van der Waals surface area contributed by atoms with Gasteiger partial charge in [-0.05, 0) is 18.2 Å². The molecule has 2 N–H and O–H groups in total. The topological polar surface area (TPSA) is 102 Å². The summed E-state index contributed by atoms with van der Waals surface area (Å²) in [6.07, 6.45) is -0.381. The number of nitrogens with one attached hydrogen (secondary N) is 1. The van der Waals surface area contributed by atoms with Crippen molar-refractivity contribution >= 4 is 16.0 Å². The summed E-state index contributed by atoms with van der Waals surface area (Å²) in [5.74, 6) is -1.92. The largest absolute Gasteiger partial charge is 0.490 e. The first-order chi connectivity index (χ1) is 9.86. The quantitative estimate of drug-likeness (QED) is 0.646. The van der Waals surface area contributed by atoms with Gasteiger partial charge in [-0.3, -0.25) is 4.79 Å². The summed E-state index contributed by atoms with van der Waals surface area (Å²) in [6.45, 7) is 0.0365. The van der Waals surface area contributed by atoms with Crippen LogP contribution in [0.15, 0.2) is 23.1 Å². The molecule has 0 heterocycles. The van der Waals surface area contributed by atoms with E-state index in [1.165, 1.54) is 13.2 Å². The van der Waals surface area contributed by atoms with Crippen molar-refractivity contribution in [2.75, 3.05) is 26.9 Å². The van der Waals surface area contributed by atoms with Crippen LogP contribution in [0.4, 0.5) is 4.39 Å². The SMILES string of the molecule is COCCOc1ccc(F)cc1S(=O)(=O)NCCC(=O)O. The molecule has 0 bridgehead atoms. The third-order valence-electron chi connectivity index (χ3n) is 2.37. The second-order valence-electron chi connectivity index (χ2n) is 3.97. The Hall–Kier alpha value is -1.71. The van der Waals surface area contributed by atoms with E-state index in [1.54, 1.807) is 0 Å². The third-order valence-corrected chi connectivity index (χ3v) is 3.85. The molecule has 0 saturated heterocycles. The summed E-state index contributed by atoms with van der Waals surface area (Å²) < 4.78 is 49.4. The molecule has 0 unspecified atom stereocenters. The Bertz CT molecular complexity index is 589. The van der Waals surface area contributed by atoms with E-state index in [9.17, 15) is 17.6 Å². The summed E-state index contributed by atoms with van der Waals surface area (Å²) >= 11 is 0. The fourth-order valence-electron chi connectivity index (χ4n) is 1.42. The average molecular weight is 321 g/mol. The molecule has 1 rings (SSSR count). The molecule has 0 aliphatic rings. The van der Waals surface area contributed by atoms with Crippen molar-refractivity contribution in [2.45, 2.75) is 11.3 Å². The summed E-state index contributed by atoms with van der Waals surface area (Å²) in [4.78, 5) is 10.00. The monoisotopic (exact) mass is 321 g/mol. The molecule has 1 aromatic rings. The second kappa shape index (κ2) is 7.91. The van der Waals surface area contributed by atoms with E-state index in [-0.39, 0.29) is 36.8 Å². The van der Waals surface area contributed by atoms with Gasteiger partial charge >= 0.3 is 5.97 Å². The maximum atomic E-state index is 13.2. The Morgan fingerprint density at radius 3 is 2.71 bits per heavy atom. The van der Waals surface area contributed by atoms with Crippen LogP contribution in [0, 0.1) is 5.82 Å². The number of rotatable bonds is 9. The lowest BCUT2D eigenvalue weighted by Crippen LogP contribution is -2.27. The Morgan fingerprint density at radius 1 is 1.38 bits per heavy atom. The first-order valence-corrected chi connectivity index (χ1v) is 7.48. The highest BCUT2D eigenvalue weighted by atomic mass is 32.2. The first-order valence-electron chi connectivity index (χ1n) is 5.99. The Labute approximate surface area is 121 Å². The maximum absolute atomic E-state index is 13.2. The van der Waals surface area contributed by atoms with Crippen molar-refractivity contribution in [2.24, 2.45) is 0 Å². The van der Waals surface area contributed by atoms with E-state index in [0.717, 1.165) is 12.1 Å². The molecule has 0 amide bonds. The smallest absolute Gasteiger partial charge is 0.304 e. The highest BCUT2D eigenvalue weighted by Crippen LogP contribution is 2.24. The fraction of sp³-hybridized carbons (Fsp3) is 0.417. The zero-order valence-electron chi connectivity index (χ0n) is 11.3. The van der Waals surface area contributed by atoms with E-state index in [0.29, 0.717) is 0 Å². The van der Waals surface area contributed by atoms with Crippen LogP contribution >= 0.6 is 0 Å². The average Bonchev–Trinajstić information content (AvgIpc) is 2.40. The molecule has 0 aromatic heterocycles. The summed E-state index contributed by atoms with van der Waals surface area (Å²) in [5, 5.41) is 8.49. The predicted octanol–water partition coefficient (Wildman–Crippen LogP) is 0.604. The Balaban J connectivity index is 2.91. The fourth-order valence-corrected chi connectivity index (χ4v) is 2.60. The van der Waals surface area contributed by atoms with Crippen LogP contribution in [0.3, 0.4) is 0 Å². The molecule has 0 fully saturated rings. The standard InChI is InChI=1S/C12H16FNO6S/c1-19-6-7-20-10-3-2-9(13)8-11(10)21(17,18)14-5-4-12(15)16/h2-3,8,14H,4-7H2,1H3,(H,15,16). The second-order valence-corrected chi connectivity index (χ2v) is 5.71. The van der Waals surface area contributed by atoms with E-state index < -0.39 is 21.8 Å². The lowest BCUT2D eigenvalue weighted by Gasteiger charge is -2.12. The number of carboxylic acid groups (broad SMARTS) is 1. The number of methoxy groups -OCH3 is 1. The van der Waals surface area contributed by atoms with Crippen molar-refractivity contribution < 1.29 is 32.2 Å². The third kappa shape index (κ3) is 5.66. The van der Waals surface area contributed by atoms with Crippen LogP contribution in [0.1, 0.15) is 6.42 Å². The lowest BCUT2D eigenvalue weighted by atomic mass is 10.3. The van der Waals surface area contributed by atoms with Crippen LogP contribution in [-0.4, -0.2) is 46.4 Å². The molecule has 118 valence electrons. The van der Waals surface area contributed by atoms with Gasteiger partial charge in [0.15, 0.2) is 0 Å². The molecule has 0 radical (unpaired) electrons. The molecule has 9 heteroatoms. The van der Waals surface area contributed by atoms with Gasteiger partial charge in [0, 0.05) is 13.7 Å². The van der Waals surface area contributed by atoms with Crippen LogP contribution in [-0.2, 0) is 19.6 Å². The summed E-state index contributed by atoms with van der Waals surface area (Å²) in [7, 11) is -2.61. The molecular formula is C12H16FNO6S. The zero-order chi connectivity index (χ0) is 15.9. The van der Waals surface area contributed by atoms with Crippen LogP contribution in [0.2, 0.25) is 0 Å². The molecule has 0 aliphatic heterocycles. The Kier molecular flexibility index (Phi) is 6.53. The van der Waals surface area contributed by atoms with Gasteiger partial charge in [-0.15, -0.1) is 0 Å². The zero-order valence-corrected chi connectivity index (χ0v) is 12.2. The van der Waals surface area contributed by atoms with Crippen molar-refractivity contribution in [1.29, 1.82) is 0 Å². The molecular weight excluding hydrogens is 305 g/mol. The Morgan fingerprint density at radius 2 is 2.10 bits per heavy atom. The number of sulfonamides is 1. The number of carbonyl (C=O) groups is 1. The molecule has 21 heavy (non-hydrogen) atoms. The maximum Gasteiger partial charge on any atom is 0.304 e. The number of hydrogen-bond acceptors (Lipinski definition) is 5. The molecule has 0 aliphatic carbocycles. The van der Waals surface area contributed by atoms with E-state index >= 15 is 0 Å². The van der Waals surface area contributed by atoms with Crippen LogP contribution in [0.25, 0.3) is 0 Å². The number of aliphatic carboxylic acids is 1. The molecule has 0 saturated carbocycles. The minimum Gasteiger partial charge on any atom is -0.490 e. The van der Waals surface area contributed by atoms with Gasteiger partial charge in [0.05, 0.1) is 13.0 Å². The van der Waals surface area contributed by atoms with Crippen molar-refractivity contribution in [3.63, 3.8) is 0 Å². The van der Waals surface area contributed by atoms with Gasteiger partial charge in [0.25, 0.3) is 0 Å². The predicted molar refractivity (Wildman–Crippen MR) is 71.2 cm³/mol. The van der Waals surface area contributed by atoms with Gasteiger partial charge < -0.3 is 14.6 Å². The van der Waals surface area contributed by atoms with E-state index in [4.69, 9.17) is 14.6 Å². The van der Waals surface area contributed by atoms with Gasteiger partial charge in [0.2, 0.25) is 10.0 Å². The number of halogens is 1. The molecule has 1 aromatic carbocycles. The summed E-state index contributed by atoms with van der Waals surface area (Å²) in [6, 6.07) is 3.07. The molecule has 0 spiro atoms. The number of hydrogen-bond donors (Lipinski definition) is 2. The lowest BCUT2D eigenvalue weighted by molar-refractivity contribution is -0.136. The van der Waals surface area contributed by atoms with Gasteiger partial charge in [-0.2, -0.15) is 0 Å². The highest BCUT2D eigenvalue weighted by molar-refractivity contribution is 7.89. The van der Waals surface area contributed by atoms with Crippen LogP contribution < -0.4 is 9.46 Å². The highest BCUT2D eigenvalue weighted by Gasteiger charge is 2.20. The van der Waals surface area contributed by atoms with Gasteiger partial charge in [-0.25, -0.2) is 17.5 Å². The van der Waals surface area contributed by atoms with Crippen LogP contribution in [0.5, 0.6) is 5.75 Å². The van der Waals surface area contributed by atoms with Crippen molar-refractivity contribution in [3.8, 4) is 5.75 Å². The number of benzene rings is 1. The first kappa shape index (κ1) is 17.3.